The van der Waals surface area contributed by atoms with Crippen LogP contribution < -0.4 is 4.90 Å². The van der Waals surface area contributed by atoms with E-state index in [1.165, 1.54) is 54.6 Å². The Bertz CT molecular complexity index is 2870. The zero-order chi connectivity index (χ0) is 33.0. The van der Waals surface area contributed by atoms with Crippen LogP contribution in [0.15, 0.2) is 192 Å². The van der Waals surface area contributed by atoms with Crippen LogP contribution in [0.1, 0.15) is 0 Å². The topological polar surface area (TPSA) is 16.4 Å². The van der Waals surface area contributed by atoms with Crippen LogP contribution >= 0.6 is 0 Å². The van der Waals surface area contributed by atoms with Crippen LogP contribution in [0.4, 0.5) is 17.1 Å². The van der Waals surface area contributed by atoms with Crippen LogP contribution in [0, 0.1) is 0 Å². The normalized spacial score (nSPS) is 11.6. The lowest BCUT2D eigenvalue weighted by Crippen LogP contribution is -2.11. The third kappa shape index (κ3) is 4.65. The first-order valence-corrected chi connectivity index (χ1v) is 17.1. The van der Waals surface area contributed by atoms with Gasteiger partial charge in [0.25, 0.3) is 0 Å². The maximum Gasteiger partial charge on any atom is 0.136 e. The summed E-state index contributed by atoms with van der Waals surface area (Å²) < 4.78 is 6.41. The largest absolute Gasteiger partial charge is 0.456 e. The lowest BCUT2D eigenvalue weighted by atomic mass is 9.93. The molecular formula is C48H31NO. The summed E-state index contributed by atoms with van der Waals surface area (Å²) in [6.45, 7) is 0. The molecule has 234 valence electrons. The number of nitrogens with zero attached hydrogens (tertiary/aromatic N) is 1. The van der Waals surface area contributed by atoms with Crippen LogP contribution in [0.2, 0.25) is 0 Å². The highest BCUT2D eigenvalue weighted by Gasteiger charge is 2.19. The maximum absolute atomic E-state index is 6.41. The molecule has 0 unspecified atom stereocenters. The van der Waals surface area contributed by atoms with Crippen molar-refractivity contribution in [1.29, 1.82) is 0 Å². The van der Waals surface area contributed by atoms with Gasteiger partial charge in [-0.25, -0.2) is 0 Å². The number of anilines is 3. The second-order valence-electron chi connectivity index (χ2n) is 12.9. The summed E-state index contributed by atoms with van der Waals surface area (Å²) in [4.78, 5) is 2.38. The van der Waals surface area contributed by atoms with Crippen molar-refractivity contribution in [3.63, 3.8) is 0 Å². The molecule has 0 N–H and O–H groups in total. The monoisotopic (exact) mass is 637 g/mol. The van der Waals surface area contributed by atoms with Gasteiger partial charge in [0.05, 0.1) is 5.69 Å². The molecule has 0 fully saturated rings. The van der Waals surface area contributed by atoms with Crippen LogP contribution in [0.5, 0.6) is 0 Å². The fourth-order valence-electron chi connectivity index (χ4n) is 7.63. The Morgan fingerprint density at radius 3 is 1.74 bits per heavy atom. The summed E-state index contributed by atoms with van der Waals surface area (Å²) in [6, 6.07) is 67.6. The number of furan rings is 1. The van der Waals surface area contributed by atoms with E-state index in [0.717, 1.165) is 39.0 Å². The summed E-state index contributed by atoms with van der Waals surface area (Å²) in [6.07, 6.45) is 0. The highest BCUT2D eigenvalue weighted by Crippen LogP contribution is 2.44. The van der Waals surface area contributed by atoms with Gasteiger partial charge < -0.3 is 9.32 Å². The van der Waals surface area contributed by atoms with Crippen molar-refractivity contribution < 1.29 is 4.42 Å². The molecule has 0 saturated heterocycles. The van der Waals surface area contributed by atoms with Gasteiger partial charge in [0.1, 0.15) is 11.2 Å². The maximum atomic E-state index is 6.41. The molecule has 1 heterocycles. The molecule has 2 heteroatoms. The molecule has 50 heavy (non-hydrogen) atoms. The minimum Gasteiger partial charge on any atom is -0.456 e. The molecule has 10 aromatic rings. The summed E-state index contributed by atoms with van der Waals surface area (Å²) in [5.41, 5.74) is 9.82. The summed E-state index contributed by atoms with van der Waals surface area (Å²) in [7, 11) is 0. The molecule has 1 aromatic heterocycles. The van der Waals surface area contributed by atoms with Gasteiger partial charge in [-0.15, -0.1) is 0 Å². The van der Waals surface area contributed by atoms with Gasteiger partial charge in [-0.1, -0.05) is 133 Å². The second-order valence-corrected chi connectivity index (χ2v) is 12.9. The van der Waals surface area contributed by atoms with E-state index >= 15 is 0 Å². The Labute approximate surface area is 290 Å². The van der Waals surface area contributed by atoms with Crippen molar-refractivity contribution in [1.82, 2.24) is 0 Å². The summed E-state index contributed by atoms with van der Waals surface area (Å²) in [5, 5.41) is 9.67. The Hall–Kier alpha value is -6.64. The van der Waals surface area contributed by atoms with Crippen LogP contribution in [-0.2, 0) is 0 Å². The molecule has 0 aliphatic carbocycles. The highest BCUT2D eigenvalue weighted by molar-refractivity contribution is 6.14. The lowest BCUT2D eigenvalue weighted by Gasteiger charge is -2.28. The van der Waals surface area contributed by atoms with Gasteiger partial charge in [-0.3, -0.25) is 0 Å². The quantitative estimate of drug-likeness (QED) is 0.175. The van der Waals surface area contributed by atoms with Gasteiger partial charge in [0.2, 0.25) is 0 Å². The van der Waals surface area contributed by atoms with Gasteiger partial charge in [0, 0.05) is 27.7 Å². The van der Waals surface area contributed by atoms with E-state index in [9.17, 15) is 0 Å². The smallest absolute Gasteiger partial charge is 0.136 e. The van der Waals surface area contributed by atoms with Crippen LogP contribution in [-0.4, -0.2) is 0 Å². The molecule has 2 nitrogen and oxygen atoms in total. The Balaban J connectivity index is 1.17. The van der Waals surface area contributed by atoms with Gasteiger partial charge >= 0.3 is 0 Å². The van der Waals surface area contributed by atoms with Crippen molar-refractivity contribution >= 4 is 71.3 Å². The average Bonchev–Trinajstić information content (AvgIpc) is 3.54. The molecule has 0 aliphatic rings. The third-order valence-electron chi connectivity index (χ3n) is 10.0. The van der Waals surface area contributed by atoms with E-state index in [1.807, 2.05) is 0 Å². The van der Waals surface area contributed by atoms with Gasteiger partial charge in [0.15, 0.2) is 0 Å². The minimum atomic E-state index is 0.883. The van der Waals surface area contributed by atoms with E-state index in [-0.39, 0.29) is 0 Å². The van der Waals surface area contributed by atoms with E-state index < -0.39 is 0 Å². The minimum absolute atomic E-state index is 0.883. The summed E-state index contributed by atoms with van der Waals surface area (Å²) >= 11 is 0. The van der Waals surface area contributed by atoms with E-state index in [4.69, 9.17) is 4.42 Å². The van der Waals surface area contributed by atoms with Gasteiger partial charge in [-0.05, 0) is 104 Å². The van der Waals surface area contributed by atoms with Gasteiger partial charge in [-0.2, -0.15) is 0 Å². The molecule has 0 amide bonds. The predicted molar refractivity (Wildman–Crippen MR) is 212 cm³/mol. The number of hydrogen-bond donors (Lipinski definition) is 0. The van der Waals surface area contributed by atoms with E-state index in [1.54, 1.807) is 0 Å². The zero-order valence-electron chi connectivity index (χ0n) is 27.3. The molecule has 10 rings (SSSR count). The first-order valence-electron chi connectivity index (χ1n) is 17.1. The number of hydrogen-bond acceptors (Lipinski definition) is 2. The third-order valence-corrected chi connectivity index (χ3v) is 10.0. The molecule has 0 saturated carbocycles. The SMILES string of the molecule is c1ccc(-c2ccccc2N(c2ccc(-c3cc4ccccc4c4ccccc34)cc2)c2ccc3oc4cc5ccccc5cc4c3c2)cc1. The van der Waals surface area contributed by atoms with Crippen LogP contribution in [0.25, 0.3) is 76.5 Å². The van der Waals surface area contributed by atoms with Crippen molar-refractivity contribution in [2.75, 3.05) is 4.90 Å². The van der Waals surface area contributed by atoms with E-state index in [2.05, 4.69) is 193 Å². The molecule has 0 atom stereocenters. The first-order chi connectivity index (χ1) is 24.8. The molecule has 0 radical (unpaired) electrons. The highest BCUT2D eigenvalue weighted by atomic mass is 16.3. The Kier molecular flexibility index (Phi) is 6.53. The molecule has 0 spiro atoms. The van der Waals surface area contributed by atoms with E-state index in [0.29, 0.717) is 0 Å². The summed E-state index contributed by atoms with van der Waals surface area (Å²) in [5.74, 6) is 0. The zero-order valence-corrected chi connectivity index (χ0v) is 27.3. The fraction of sp³-hybridized carbons (Fsp3) is 0. The van der Waals surface area contributed by atoms with Crippen molar-refractivity contribution in [2.24, 2.45) is 0 Å². The Morgan fingerprint density at radius 2 is 0.920 bits per heavy atom. The standard InChI is InChI=1S/C48H31NO/c1-2-12-32(13-3-1)40-18-10-11-21-46(40)49(38-26-27-47-45(31-38)44-28-34-14-4-5-15-35(34)30-48(44)50-47)37-24-22-33(23-25-37)43-29-36-16-6-7-17-39(36)41-19-8-9-20-42(41)43/h1-31H. The molecule has 0 bridgehead atoms. The number of rotatable bonds is 5. The predicted octanol–water partition coefficient (Wildman–Crippen LogP) is 13.8. The lowest BCUT2D eigenvalue weighted by molar-refractivity contribution is 0.669. The first kappa shape index (κ1) is 28.4. The fourth-order valence-corrected chi connectivity index (χ4v) is 7.63. The van der Waals surface area contributed by atoms with Crippen molar-refractivity contribution in [3.8, 4) is 22.3 Å². The number of fused-ring (bicyclic) bond motifs is 7. The molecule has 9 aromatic carbocycles. The van der Waals surface area contributed by atoms with Crippen molar-refractivity contribution in [3.05, 3.63) is 188 Å². The number of benzene rings is 9. The second kappa shape index (κ2) is 11.5. The Morgan fingerprint density at radius 1 is 0.320 bits per heavy atom. The average molecular weight is 638 g/mol. The number of para-hydroxylation sites is 1. The van der Waals surface area contributed by atoms with Crippen molar-refractivity contribution in [2.45, 2.75) is 0 Å². The molecular weight excluding hydrogens is 607 g/mol. The molecule has 0 aliphatic heterocycles. The van der Waals surface area contributed by atoms with Crippen LogP contribution in [0.3, 0.4) is 0 Å².